The Bertz CT molecular complexity index is 330. The molecule has 0 saturated carbocycles. The first-order valence-corrected chi connectivity index (χ1v) is 5.37. The average molecular weight is 356 g/mol. The zero-order valence-electron chi connectivity index (χ0n) is 6.55. The van der Waals surface area contributed by atoms with E-state index in [1.54, 1.807) is 0 Å². The van der Waals surface area contributed by atoms with Crippen molar-refractivity contribution in [2.45, 2.75) is 6.54 Å². The van der Waals surface area contributed by atoms with Gasteiger partial charge in [0.25, 0.3) is 0 Å². The van der Waals surface area contributed by atoms with Crippen LogP contribution in [0.2, 0.25) is 0 Å². The van der Waals surface area contributed by atoms with E-state index < -0.39 is 6.09 Å². The van der Waals surface area contributed by atoms with Crippen molar-refractivity contribution in [2.75, 3.05) is 0 Å². The molecule has 1 aromatic carbocycles. The molecule has 0 aromatic heterocycles. The second-order valence-corrected chi connectivity index (χ2v) is 4.49. The molecule has 70 valence electrons. The number of carboxylic acid groups (broad SMARTS) is 1. The Morgan fingerprint density at radius 3 is 2.92 bits per heavy atom. The molecule has 0 aliphatic heterocycles. The largest absolute Gasteiger partial charge is 0.465 e. The van der Waals surface area contributed by atoms with Crippen LogP contribution in [0.5, 0.6) is 0 Å². The van der Waals surface area contributed by atoms with Crippen LogP contribution in [0.25, 0.3) is 0 Å². The predicted octanol–water partition coefficient (Wildman–Crippen LogP) is 2.82. The van der Waals surface area contributed by atoms with Crippen molar-refractivity contribution in [1.29, 1.82) is 0 Å². The van der Waals surface area contributed by atoms with Gasteiger partial charge in [0.15, 0.2) is 0 Å². The van der Waals surface area contributed by atoms with Crippen LogP contribution in [0.3, 0.4) is 0 Å². The maximum Gasteiger partial charge on any atom is 0.404 e. The summed E-state index contributed by atoms with van der Waals surface area (Å²) in [6.45, 7) is 0.326. The van der Waals surface area contributed by atoms with E-state index in [0.717, 1.165) is 13.6 Å². The molecule has 13 heavy (non-hydrogen) atoms. The molecule has 1 amide bonds. The van der Waals surface area contributed by atoms with Crippen LogP contribution in [0, 0.1) is 3.57 Å². The molecule has 1 rings (SSSR count). The summed E-state index contributed by atoms with van der Waals surface area (Å²) in [5, 5.41) is 10.7. The molecule has 3 nitrogen and oxygen atoms in total. The summed E-state index contributed by atoms with van der Waals surface area (Å²) in [6.07, 6.45) is -1.01. The lowest BCUT2D eigenvalue weighted by Gasteiger charge is -2.04. The Morgan fingerprint density at radius 2 is 2.31 bits per heavy atom. The zero-order valence-corrected chi connectivity index (χ0v) is 10.3. The van der Waals surface area contributed by atoms with E-state index in [-0.39, 0.29) is 0 Å². The fourth-order valence-corrected chi connectivity index (χ4v) is 1.79. The Kier molecular flexibility index (Phi) is 3.98. The van der Waals surface area contributed by atoms with Gasteiger partial charge in [0.1, 0.15) is 0 Å². The van der Waals surface area contributed by atoms with Gasteiger partial charge in [-0.3, -0.25) is 0 Å². The van der Waals surface area contributed by atoms with E-state index in [4.69, 9.17) is 5.11 Å². The van der Waals surface area contributed by atoms with Gasteiger partial charge in [-0.15, -0.1) is 0 Å². The molecule has 0 saturated heterocycles. The van der Waals surface area contributed by atoms with Crippen molar-refractivity contribution < 1.29 is 9.90 Å². The third-order valence-electron chi connectivity index (χ3n) is 1.44. The first-order chi connectivity index (χ1) is 6.09. The number of amides is 1. The van der Waals surface area contributed by atoms with E-state index in [2.05, 4.69) is 43.8 Å². The molecule has 0 radical (unpaired) electrons. The van der Waals surface area contributed by atoms with Crippen molar-refractivity contribution in [3.05, 3.63) is 31.8 Å². The fraction of sp³-hybridized carbons (Fsp3) is 0.125. The first kappa shape index (κ1) is 10.8. The highest BCUT2D eigenvalue weighted by atomic mass is 127. The number of rotatable bonds is 2. The van der Waals surface area contributed by atoms with Crippen molar-refractivity contribution in [2.24, 2.45) is 0 Å². The van der Waals surface area contributed by atoms with Gasteiger partial charge in [0, 0.05) is 14.6 Å². The van der Waals surface area contributed by atoms with Crippen molar-refractivity contribution in [3.63, 3.8) is 0 Å². The Hall–Kier alpha value is -0.300. The highest BCUT2D eigenvalue weighted by Crippen LogP contribution is 2.19. The van der Waals surface area contributed by atoms with Crippen molar-refractivity contribution in [1.82, 2.24) is 5.32 Å². The lowest BCUT2D eigenvalue weighted by molar-refractivity contribution is 0.194. The van der Waals surface area contributed by atoms with Gasteiger partial charge in [-0.2, -0.15) is 0 Å². The number of hydrogen-bond donors (Lipinski definition) is 2. The van der Waals surface area contributed by atoms with Crippen LogP contribution in [-0.2, 0) is 6.54 Å². The predicted molar refractivity (Wildman–Crippen MR) is 61.7 cm³/mol. The molecular formula is C8H7BrINO2. The highest BCUT2D eigenvalue weighted by molar-refractivity contribution is 14.1. The molecule has 2 N–H and O–H groups in total. The second-order valence-electron chi connectivity index (χ2n) is 2.39. The molecule has 0 spiro atoms. The molecule has 0 fully saturated rings. The van der Waals surface area contributed by atoms with Gasteiger partial charge in [0.05, 0.1) is 0 Å². The van der Waals surface area contributed by atoms with Crippen LogP contribution < -0.4 is 5.32 Å². The van der Waals surface area contributed by atoms with Gasteiger partial charge >= 0.3 is 6.09 Å². The summed E-state index contributed by atoms with van der Waals surface area (Å²) < 4.78 is 2.00. The topological polar surface area (TPSA) is 49.3 Å². The summed E-state index contributed by atoms with van der Waals surface area (Å²) >= 11 is 5.53. The van der Waals surface area contributed by atoms with Crippen LogP contribution in [0.4, 0.5) is 4.79 Å². The molecule has 0 unspecified atom stereocenters. The summed E-state index contributed by atoms with van der Waals surface area (Å²) in [7, 11) is 0. The minimum Gasteiger partial charge on any atom is -0.465 e. The Morgan fingerprint density at radius 1 is 1.62 bits per heavy atom. The number of benzene rings is 1. The van der Waals surface area contributed by atoms with E-state index in [9.17, 15) is 4.79 Å². The van der Waals surface area contributed by atoms with Gasteiger partial charge in [0.2, 0.25) is 0 Å². The molecule has 5 heteroatoms. The first-order valence-electron chi connectivity index (χ1n) is 3.50. The molecular weight excluding hydrogens is 349 g/mol. The van der Waals surface area contributed by atoms with Crippen LogP contribution in [0.1, 0.15) is 5.56 Å². The van der Waals surface area contributed by atoms with Crippen LogP contribution in [-0.4, -0.2) is 11.2 Å². The second kappa shape index (κ2) is 4.80. The summed E-state index contributed by atoms with van der Waals surface area (Å²) in [5.41, 5.74) is 0.939. The van der Waals surface area contributed by atoms with E-state index in [0.29, 0.717) is 6.54 Å². The van der Waals surface area contributed by atoms with Crippen LogP contribution >= 0.6 is 38.5 Å². The summed E-state index contributed by atoms with van der Waals surface area (Å²) in [5.74, 6) is 0. The Balaban J connectivity index is 2.75. The number of carbonyl (C=O) groups is 1. The number of hydrogen-bond acceptors (Lipinski definition) is 1. The quantitative estimate of drug-likeness (QED) is 0.801. The third-order valence-corrected chi connectivity index (χ3v) is 2.88. The fourth-order valence-electron chi connectivity index (χ4n) is 0.850. The number of halogens is 2. The molecule has 0 aliphatic rings. The SMILES string of the molecule is O=C(O)NCc1cc(I)ccc1Br. The van der Waals surface area contributed by atoms with Crippen LogP contribution in [0.15, 0.2) is 22.7 Å². The summed E-state index contributed by atoms with van der Waals surface area (Å²) in [6, 6.07) is 5.79. The molecule has 0 bridgehead atoms. The maximum absolute atomic E-state index is 10.2. The van der Waals surface area contributed by atoms with Gasteiger partial charge < -0.3 is 10.4 Å². The zero-order chi connectivity index (χ0) is 9.84. The van der Waals surface area contributed by atoms with E-state index >= 15 is 0 Å². The summed E-state index contributed by atoms with van der Waals surface area (Å²) in [4.78, 5) is 10.2. The molecule has 0 heterocycles. The van der Waals surface area contributed by atoms with Gasteiger partial charge in [-0.25, -0.2) is 4.79 Å². The molecule has 1 aromatic rings. The van der Waals surface area contributed by atoms with Gasteiger partial charge in [-0.05, 0) is 46.4 Å². The standard InChI is InChI=1S/C8H7BrINO2/c9-7-2-1-6(10)3-5(7)4-11-8(12)13/h1-3,11H,4H2,(H,12,13). The van der Waals surface area contributed by atoms with Crippen molar-refractivity contribution in [3.8, 4) is 0 Å². The minimum atomic E-state index is -1.01. The molecule has 0 atom stereocenters. The lowest BCUT2D eigenvalue weighted by Crippen LogP contribution is -2.20. The minimum absolute atomic E-state index is 0.326. The number of nitrogens with one attached hydrogen (secondary N) is 1. The van der Waals surface area contributed by atoms with Crippen molar-refractivity contribution >= 4 is 44.6 Å². The van der Waals surface area contributed by atoms with Gasteiger partial charge in [-0.1, -0.05) is 15.9 Å². The molecule has 0 aliphatic carbocycles. The lowest BCUT2D eigenvalue weighted by atomic mass is 10.2. The average Bonchev–Trinajstić information content (AvgIpc) is 2.06. The van der Waals surface area contributed by atoms with E-state index in [1.165, 1.54) is 0 Å². The third kappa shape index (κ3) is 3.51. The Labute approximate surface area is 97.8 Å². The van der Waals surface area contributed by atoms with E-state index in [1.807, 2.05) is 18.2 Å². The normalized spacial score (nSPS) is 9.69. The monoisotopic (exact) mass is 355 g/mol. The smallest absolute Gasteiger partial charge is 0.404 e. The highest BCUT2D eigenvalue weighted by Gasteiger charge is 2.01. The maximum atomic E-state index is 10.2.